The van der Waals surface area contributed by atoms with E-state index in [1.165, 1.54) is 12.1 Å². The third-order valence-corrected chi connectivity index (χ3v) is 2.11. The number of nitrogens with one attached hydrogen (secondary N) is 1. The number of benzene rings is 1. The van der Waals surface area contributed by atoms with Crippen LogP contribution < -0.4 is 5.32 Å². The number of alkyl halides is 2. The van der Waals surface area contributed by atoms with Crippen LogP contribution >= 0.6 is 15.9 Å². The Labute approximate surface area is 93.2 Å². The Morgan fingerprint density at radius 2 is 2.20 bits per heavy atom. The zero-order valence-corrected chi connectivity index (χ0v) is 9.09. The molecule has 0 radical (unpaired) electrons. The van der Waals surface area contributed by atoms with Crippen molar-refractivity contribution < 1.29 is 18.7 Å². The highest BCUT2D eigenvalue weighted by Gasteiger charge is 2.12. The molecule has 0 saturated heterocycles. The van der Waals surface area contributed by atoms with Crippen LogP contribution in [0.1, 0.15) is 10.4 Å². The minimum Gasteiger partial charge on any atom is -0.507 e. The van der Waals surface area contributed by atoms with E-state index in [1.54, 1.807) is 6.07 Å². The second kappa shape index (κ2) is 5.06. The molecule has 0 spiro atoms. The Balaban J connectivity index is 2.77. The van der Waals surface area contributed by atoms with E-state index >= 15 is 0 Å². The molecule has 0 aliphatic carbocycles. The van der Waals surface area contributed by atoms with Crippen molar-refractivity contribution in [1.82, 2.24) is 5.32 Å². The predicted molar refractivity (Wildman–Crippen MR) is 54.1 cm³/mol. The molecule has 6 heteroatoms. The topological polar surface area (TPSA) is 49.3 Å². The second-order valence-corrected chi connectivity index (χ2v) is 3.68. The van der Waals surface area contributed by atoms with E-state index in [4.69, 9.17) is 0 Å². The van der Waals surface area contributed by atoms with Crippen molar-refractivity contribution in [3.05, 3.63) is 28.2 Å². The first-order chi connectivity index (χ1) is 7.00. The smallest absolute Gasteiger partial charge is 0.255 e. The molecule has 1 aromatic carbocycles. The largest absolute Gasteiger partial charge is 0.507 e. The highest BCUT2D eigenvalue weighted by Crippen LogP contribution is 2.21. The number of rotatable bonds is 3. The summed E-state index contributed by atoms with van der Waals surface area (Å²) >= 11 is 3.11. The van der Waals surface area contributed by atoms with Gasteiger partial charge in [-0.05, 0) is 18.2 Å². The van der Waals surface area contributed by atoms with E-state index in [1.807, 2.05) is 5.32 Å². The van der Waals surface area contributed by atoms with Crippen molar-refractivity contribution in [2.24, 2.45) is 0 Å². The van der Waals surface area contributed by atoms with Gasteiger partial charge >= 0.3 is 0 Å². The van der Waals surface area contributed by atoms with Crippen molar-refractivity contribution in [3.8, 4) is 5.75 Å². The van der Waals surface area contributed by atoms with Crippen LogP contribution in [-0.2, 0) is 0 Å². The van der Waals surface area contributed by atoms with Crippen molar-refractivity contribution in [2.75, 3.05) is 6.54 Å². The normalized spacial score (nSPS) is 10.4. The number of phenols is 1. The second-order valence-electron chi connectivity index (χ2n) is 2.76. The standard InChI is InChI=1S/C9H8BrF2NO2/c10-5-1-2-7(14)6(3-5)9(15)13-4-8(11)12/h1-3,8,14H,4H2,(H,13,15). The van der Waals surface area contributed by atoms with Gasteiger partial charge in [-0.2, -0.15) is 0 Å². The Kier molecular flexibility index (Phi) is 4.02. The summed E-state index contributed by atoms with van der Waals surface area (Å²) in [7, 11) is 0. The number of amides is 1. The first-order valence-corrected chi connectivity index (χ1v) is 4.85. The molecule has 1 amide bonds. The summed E-state index contributed by atoms with van der Waals surface area (Å²) in [5.41, 5.74) is -0.0370. The molecule has 0 aliphatic rings. The fourth-order valence-corrected chi connectivity index (χ4v) is 1.32. The zero-order chi connectivity index (χ0) is 11.4. The van der Waals surface area contributed by atoms with Gasteiger partial charge in [0.25, 0.3) is 12.3 Å². The van der Waals surface area contributed by atoms with Gasteiger partial charge in [-0.1, -0.05) is 15.9 Å². The van der Waals surface area contributed by atoms with Gasteiger partial charge < -0.3 is 10.4 Å². The lowest BCUT2D eigenvalue weighted by atomic mass is 10.2. The summed E-state index contributed by atoms with van der Waals surface area (Å²) in [5.74, 6) is -0.973. The van der Waals surface area contributed by atoms with Crippen molar-refractivity contribution >= 4 is 21.8 Å². The predicted octanol–water partition coefficient (Wildman–Crippen LogP) is 2.15. The Morgan fingerprint density at radius 1 is 1.53 bits per heavy atom. The van der Waals surface area contributed by atoms with Gasteiger partial charge in [0, 0.05) is 4.47 Å². The molecule has 2 N–H and O–H groups in total. The first kappa shape index (κ1) is 11.9. The lowest BCUT2D eigenvalue weighted by Gasteiger charge is -2.06. The van der Waals surface area contributed by atoms with E-state index < -0.39 is 18.9 Å². The van der Waals surface area contributed by atoms with Gasteiger partial charge in [-0.3, -0.25) is 4.79 Å². The minimum absolute atomic E-state index is 0.0370. The lowest BCUT2D eigenvalue weighted by Crippen LogP contribution is -2.28. The first-order valence-electron chi connectivity index (χ1n) is 4.05. The number of phenolic OH excluding ortho intramolecular Hbond substituents is 1. The third-order valence-electron chi connectivity index (χ3n) is 1.62. The van der Waals surface area contributed by atoms with Gasteiger partial charge in [0.05, 0.1) is 12.1 Å². The number of carbonyl (C=O) groups is 1. The fraction of sp³-hybridized carbons (Fsp3) is 0.222. The van der Waals surface area contributed by atoms with Crippen LogP contribution in [0, 0.1) is 0 Å². The molecule has 3 nitrogen and oxygen atoms in total. The fourth-order valence-electron chi connectivity index (χ4n) is 0.955. The number of hydrogen-bond acceptors (Lipinski definition) is 2. The van der Waals surface area contributed by atoms with Crippen LogP contribution in [0.25, 0.3) is 0 Å². The average molecular weight is 280 g/mol. The van der Waals surface area contributed by atoms with Crippen LogP contribution in [-0.4, -0.2) is 24.0 Å². The van der Waals surface area contributed by atoms with Gasteiger partial charge in [0.15, 0.2) is 0 Å². The number of hydrogen-bond donors (Lipinski definition) is 2. The Bertz CT molecular complexity index is 371. The highest BCUT2D eigenvalue weighted by molar-refractivity contribution is 9.10. The van der Waals surface area contributed by atoms with Crippen LogP contribution in [0.3, 0.4) is 0 Å². The summed E-state index contributed by atoms with van der Waals surface area (Å²) < 4.78 is 24.2. The maximum Gasteiger partial charge on any atom is 0.255 e. The summed E-state index contributed by atoms with van der Waals surface area (Å²) in [5, 5.41) is 11.3. The van der Waals surface area contributed by atoms with Crippen LogP contribution in [0.15, 0.2) is 22.7 Å². The van der Waals surface area contributed by atoms with E-state index in [9.17, 15) is 18.7 Å². The number of aromatic hydroxyl groups is 1. The molecule has 0 bridgehead atoms. The van der Waals surface area contributed by atoms with Gasteiger partial charge in [-0.25, -0.2) is 8.78 Å². The van der Waals surface area contributed by atoms with E-state index in [-0.39, 0.29) is 11.3 Å². The van der Waals surface area contributed by atoms with Gasteiger partial charge in [0.2, 0.25) is 0 Å². The summed E-state index contributed by atoms with van der Waals surface area (Å²) in [4.78, 5) is 11.3. The Hall–Kier alpha value is -1.17. The molecule has 15 heavy (non-hydrogen) atoms. The minimum atomic E-state index is -2.61. The summed E-state index contributed by atoms with van der Waals surface area (Å²) in [6.45, 7) is -0.731. The van der Waals surface area contributed by atoms with Crippen LogP contribution in [0.5, 0.6) is 5.75 Å². The van der Waals surface area contributed by atoms with E-state index in [0.29, 0.717) is 4.47 Å². The highest BCUT2D eigenvalue weighted by atomic mass is 79.9. The average Bonchev–Trinajstić information content (AvgIpc) is 2.18. The molecule has 82 valence electrons. The molecule has 0 unspecified atom stereocenters. The van der Waals surface area contributed by atoms with Crippen molar-refractivity contribution in [2.45, 2.75) is 6.43 Å². The zero-order valence-electron chi connectivity index (χ0n) is 7.51. The van der Waals surface area contributed by atoms with Crippen LogP contribution in [0.4, 0.5) is 8.78 Å². The van der Waals surface area contributed by atoms with Crippen LogP contribution in [0.2, 0.25) is 0 Å². The monoisotopic (exact) mass is 279 g/mol. The molecule has 1 rings (SSSR count). The number of carbonyl (C=O) groups excluding carboxylic acids is 1. The molecule has 0 aliphatic heterocycles. The van der Waals surface area contributed by atoms with Crippen molar-refractivity contribution in [1.29, 1.82) is 0 Å². The Morgan fingerprint density at radius 3 is 2.80 bits per heavy atom. The van der Waals surface area contributed by atoms with Crippen molar-refractivity contribution in [3.63, 3.8) is 0 Å². The quantitative estimate of drug-likeness (QED) is 0.891. The number of halogens is 3. The third kappa shape index (κ3) is 3.47. The molecule has 0 aromatic heterocycles. The molecular weight excluding hydrogens is 272 g/mol. The summed E-state index contributed by atoms with van der Waals surface area (Å²) in [6.07, 6.45) is -2.61. The molecule has 0 saturated carbocycles. The molecule has 0 heterocycles. The summed E-state index contributed by atoms with van der Waals surface area (Å²) in [6, 6.07) is 4.21. The molecule has 0 fully saturated rings. The van der Waals surface area contributed by atoms with E-state index in [0.717, 1.165) is 0 Å². The molecule has 1 aromatic rings. The SMILES string of the molecule is O=C(NCC(F)F)c1cc(Br)ccc1O. The van der Waals surface area contributed by atoms with Gasteiger partial charge in [0.1, 0.15) is 5.75 Å². The maximum absolute atomic E-state index is 11.8. The van der Waals surface area contributed by atoms with Gasteiger partial charge in [-0.15, -0.1) is 0 Å². The molecular formula is C9H8BrF2NO2. The maximum atomic E-state index is 11.8. The van der Waals surface area contributed by atoms with E-state index in [2.05, 4.69) is 15.9 Å². The molecule has 0 atom stereocenters. The lowest BCUT2D eigenvalue weighted by molar-refractivity contribution is 0.0889.